The summed E-state index contributed by atoms with van der Waals surface area (Å²) in [6.07, 6.45) is 13.1. The molecule has 1 amide bonds. The number of likely N-dealkylation sites (tertiary alicyclic amines) is 1. The molecule has 2 heterocycles. The fourth-order valence-electron chi connectivity index (χ4n) is 7.31. The van der Waals surface area contributed by atoms with Gasteiger partial charge in [0, 0.05) is 64.5 Å². The molecule has 1 saturated heterocycles. The normalized spacial score (nSPS) is 23.9. The van der Waals surface area contributed by atoms with Crippen LogP contribution >= 0.6 is 43.5 Å². The van der Waals surface area contributed by atoms with Crippen LogP contribution < -0.4 is 5.73 Å². The smallest absolute Gasteiger partial charge is 0.223 e. The zero-order valence-electron chi connectivity index (χ0n) is 23.1. The van der Waals surface area contributed by atoms with Crippen LogP contribution in [0.3, 0.4) is 0 Å². The summed E-state index contributed by atoms with van der Waals surface area (Å²) in [6, 6.07) is 6.40. The zero-order valence-corrected chi connectivity index (χ0v) is 27.1. The number of hydrogen-bond donors (Lipinski definition) is 1. The number of aromatic nitrogens is 1. The average molecular weight is 694 g/mol. The highest BCUT2D eigenvalue weighted by molar-refractivity contribution is 9.10. The minimum Gasteiger partial charge on any atom is -0.343 e. The number of hydrogen-bond acceptors (Lipinski definition) is 4. The van der Waals surface area contributed by atoms with Crippen molar-refractivity contribution in [1.82, 2.24) is 9.88 Å². The summed E-state index contributed by atoms with van der Waals surface area (Å²) in [7, 11) is 0. The van der Waals surface area contributed by atoms with E-state index >= 15 is 0 Å². The molecule has 3 atom stereocenters. The van der Waals surface area contributed by atoms with Crippen LogP contribution in [0.2, 0.25) is 5.02 Å². The summed E-state index contributed by atoms with van der Waals surface area (Å²) in [6.45, 7) is 1.91. The molecular formula is C32H40Br2ClN3O2. The molecule has 3 aliphatic rings. The molecule has 5 rings (SSSR count). The third-order valence-corrected chi connectivity index (χ3v) is 10.7. The third kappa shape index (κ3) is 7.02. The lowest BCUT2D eigenvalue weighted by Crippen LogP contribution is -2.39. The number of benzene rings is 1. The topological polar surface area (TPSA) is 76.3 Å². The minimum absolute atomic E-state index is 0.135. The highest BCUT2D eigenvalue weighted by Gasteiger charge is 2.35. The molecule has 2 aromatic rings. The first-order valence-corrected chi connectivity index (χ1v) is 16.9. The molecule has 40 heavy (non-hydrogen) atoms. The van der Waals surface area contributed by atoms with Crippen LogP contribution in [0.15, 0.2) is 33.3 Å². The lowest BCUT2D eigenvalue weighted by Gasteiger charge is -2.34. The quantitative estimate of drug-likeness (QED) is 0.338. The van der Waals surface area contributed by atoms with Crippen molar-refractivity contribution in [3.05, 3.63) is 60.7 Å². The van der Waals surface area contributed by atoms with Gasteiger partial charge in [-0.15, -0.1) is 0 Å². The Kier molecular flexibility index (Phi) is 10.4. The molecule has 0 radical (unpaired) electrons. The van der Waals surface area contributed by atoms with E-state index in [4.69, 9.17) is 22.3 Å². The maximum Gasteiger partial charge on any atom is 0.223 e. The van der Waals surface area contributed by atoms with Crippen molar-refractivity contribution in [2.24, 2.45) is 23.5 Å². The monoisotopic (exact) mass is 691 g/mol. The van der Waals surface area contributed by atoms with Gasteiger partial charge >= 0.3 is 0 Å². The maximum atomic E-state index is 13.6. The average Bonchev–Trinajstić information content (AvgIpc) is 3.06. The first-order valence-electron chi connectivity index (χ1n) is 15.0. The predicted molar refractivity (Wildman–Crippen MR) is 168 cm³/mol. The lowest BCUT2D eigenvalue weighted by atomic mass is 9.72. The molecule has 8 heteroatoms. The van der Waals surface area contributed by atoms with Crippen LogP contribution in [0.1, 0.15) is 92.5 Å². The number of halogens is 3. The van der Waals surface area contributed by atoms with Gasteiger partial charge in [-0.3, -0.25) is 14.6 Å². The highest BCUT2D eigenvalue weighted by atomic mass is 79.9. The number of amides is 1. The van der Waals surface area contributed by atoms with Crippen LogP contribution in [-0.4, -0.2) is 41.2 Å². The first kappa shape index (κ1) is 30.2. The number of Topliss-reactive ketones (excluding diaryl/α,β-unsaturated/α-hetero) is 1. The van der Waals surface area contributed by atoms with Crippen molar-refractivity contribution in [2.45, 2.75) is 83.0 Å². The standard InChI is InChI=1S/C32H40Br2ClN3O2/c33-25-16-24-8-7-23-17-26(35)18-27(34)30(23)31(32(24)37-19-25)22-4-2-1-3-21(5-6-22)28(39)15-20-10-13-38(14-11-20)29(40)9-12-36/h16-22,31H,1-15,36H2/t21?,22?,31-/m1/s1. The van der Waals surface area contributed by atoms with Gasteiger partial charge in [0.2, 0.25) is 5.91 Å². The Labute approximate surface area is 260 Å². The van der Waals surface area contributed by atoms with E-state index in [0.29, 0.717) is 37.0 Å². The zero-order chi connectivity index (χ0) is 28.2. The number of fused-ring (bicyclic) bond motifs is 2. The van der Waals surface area contributed by atoms with E-state index in [1.165, 1.54) is 22.4 Å². The molecule has 2 N–H and O–H groups in total. The molecule has 2 fully saturated rings. The number of aryl methyl sites for hydroxylation is 2. The Hall–Kier alpha value is -1.28. The molecule has 5 nitrogen and oxygen atoms in total. The number of rotatable bonds is 6. The molecule has 216 valence electrons. The summed E-state index contributed by atoms with van der Waals surface area (Å²) in [5, 5.41) is 0.766. The summed E-state index contributed by atoms with van der Waals surface area (Å²) < 4.78 is 2.09. The number of ketones is 1. The van der Waals surface area contributed by atoms with Crippen LogP contribution in [0, 0.1) is 17.8 Å². The van der Waals surface area contributed by atoms with Gasteiger partial charge in [-0.05, 0) is 114 Å². The summed E-state index contributed by atoms with van der Waals surface area (Å²) in [5.41, 5.74) is 10.7. The van der Waals surface area contributed by atoms with Crippen LogP contribution in [0.4, 0.5) is 0 Å². The van der Waals surface area contributed by atoms with E-state index in [1.807, 2.05) is 17.2 Å². The summed E-state index contributed by atoms with van der Waals surface area (Å²) in [5.74, 6) is 1.72. The van der Waals surface area contributed by atoms with Gasteiger partial charge < -0.3 is 10.6 Å². The van der Waals surface area contributed by atoms with E-state index < -0.39 is 0 Å². The van der Waals surface area contributed by atoms with Crippen molar-refractivity contribution in [3.63, 3.8) is 0 Å². The fraction of sp³-hybridized carbons (Fsp3) is 0.594. The molecular weight excluding hydrogens is 654 g/mol. The second-order valence-electron chi connectivity index (χ2n) is 12.0. The van der Waals surface area contributed by atoms with Gasteiger partial charge in [-0.2, -0.15) is 0 Å². The maximum absolute atomic E-state index is 13.6. The second-order valence-corrected chi connectivity index (χ2v) is 14.2. The van der Waals surface area contributed by atoms with E-state index in [9.17, 15) is 9.59 Å². The Morgan fingerprint density at radius 2 is 1.73 bits per heavy atom. The van der Waals surface area contributed by atoms with E-state index in [1.54, 1.807) is 0 Å². The number of nitrogens with zero attached hydrogens (tertiary/aromatic N) is 2. The third-order valence-electron chi connectivity index (χ3n) is 9.42. The van der Waals surface area contributed by atoms with Crippen molar-refractivity contribution < 1.29 is 9.59 Å². The number of carbonyl (C=O) groups excluding carboxylic acids is 2. The first-order chi connectivity index (χ1) is 19.3. The number of pyridine rings is 1. The van der Waals surface area contributed by atoms with Crippen LogP contribution in [0.25, 0.3) is 0 Å². The Bertz CT molecular complexity index is 1230. The molecule has 2 aliphatic carbocycles. The van der Waals surface area contributed by atoms with Crippen molar-refractivity contribution >= 4 is 55.2 Å². The van der Waals surface area contributed by atoms with Crippen LogP contribution in [-0.2, 0) is 22.4 Å². The number of nitrogens with two attached hydrogens (primary N) is 1. The van der Waals surface area contributed by atoms with Gasteiger partial charge in [0.1, 0.15) is 5.78 Å². The second kappa shape index (κ2) is 13.8. The van der Waals surface area contributed by atoms with Gasteiger partial charge in [0.05, 0.1) is 5.69 Å². The Morgan fingerprint density at radius 3 is 2.50 bits per heavy atom. The largest absolute Gasteiger partial charge is 0.343 e. The summed E-state index contributed by atoms with van der Waals surface area (Å²) in [4.78, 5) is 32.7. The molecule has 1 aromatic carbocycles. The van der Waals surface area contributed by atoms with Gasteiger partial charge in [-0.1, -0.05) is 40.4 Å². The van der Waals surface area contributed by atoms with Crippen molar-refractivity contribution in [2.75, 3.05) is 19.6 Å². The molecule has 1 saturated carbocycles. The van der Waals surface area contributed by atoms with Gasteiger partial charge in [-0.25, -0.2) is 0 Å². The molecule has 0 bridgehead atoms. The van der Waals surface area contributed by atoms with E-state index in [0.717, 1.165) is 91.3 Å². The number of carbonyl (C=O) groups is 2. The van der Waals surface area contributed by atoms with Gasteiger partial charge in [0.15, 0.2) is 0 Å². The Morgan fingerprint density at radius 1 is 0.975 bits per heavy atom. The SMILES string of the molecule is NCCC(=O)N1CCC(CC(=O)C2CCCCC([C@H]3c4ncc(Br)cc4CCc4cc(Cl)cc(Br)c43)CC2)CC1. The highest BCUT2D eigenvalue weighted by Crippen LogP contribution is 2.47. The van der Waals surface area contributed by atoms with Crippen LogP contribution in [0.5, 0.6) is 0 Å². The molecule has 0 spiro atoms. The minimum atomic E-state index is 0.135. The van der Waals surface area contributed by atoms with Crippen molar-refractivity contribution in [3.8, 4) is 0 Å². The van der Waals surface area contributed by atoms with E-state index in [-0.39, 0.29) is 17.7 Å². The Balaban J connectivity index is 1.31. The predicted octanol–water partition coefficient (Wildman–Crippen LogP) is 7.62. The molecule has 1 aromatic heterocycles. The number of piperidine rings is 1. The molecule has 2 unspecified atom stereocenters. The van der Waals surface area contributed by atoms with Crippen molar-refractivity contribution in [1.29, 1.82) is 0 Å². The lowest BCUT2D eigenvalue weighted by molar-refractivity contribution is -0.132. The molecule has 1 aliphatic heterocycles. The van der Waals surface area contributed by atoms with E-state index in [2.05, 4.69) is 44.0 Å². The summed E-state index contributed by atoms with van der Waals surface area (Å²) >= 11 is 14.0. The van der Waals surface area contributed by atoms with Gasteiger partial charge in [0.25, 0.3) is 0 Å². The fourth-order valence-corrected chi connectivity index (χ4v) is 8.81.